The molecular formula is C75H51BrO2. The van der Waals surface area contributed by atoms with Gasteiger partial charge in [0.05, 0.1) is 5.41 Å². The van der Waals surface area contributed by atoms with Gasteiger partial charge in [0.25, 0.3) is 0 Å². The predicted octanol–water partition coefficient (Wildman–Crippen LogP) is 18.7. The normalized spacial score (nSPS) is 13.2. The zero-order valence-electron chi connectivity index (χ0n) is 42.6. The van der Waals surface area contributed by atoms with Gasteiger partial charge >= 0.3 is 0 Å². The summed E-state index contributed by atoms with van der Waals surface area (Å²) in [5.41, 5.74) is 23.2. The van der Waals surface area contributed by atoms with E-state index in [1.54, 1.807) is 0 Å². The van der Waals surface area contributed by atoms with Gasteiger partial charge in [0.15, 0.2) is 5.78 Å². The number of rotatable bonds is 3. The van der Waals surface area contributed by atoms with E-state index in [1.165, 1.54) is 55.6 Å². The van der Waals surface area contributed by atoms with E-state index >= 15 is 0 Å². The van der Waals surface area contributed by atoms with Crippen LogP contribution in [0.4, 0.5) is 0 Å². The van der Waals surface area contributed by atoms with E-state index in [0.29, 0.717) is 0 Å². The minimum Gasteiger partial charge on any atom is -0.376 e. The first-order valence-electron chi connectivity index (χ1n) is 26.5. The van der Waals surface area contributed by atoms with Crippen molar-refractivity contribution in [2.24, 2.45) is 0 Å². The molecule has 1 spiro atoms. The molecule has 12 aromatic carbocycles. The van der Waals surface area contributed by atoms with Gasteiger partial charge in [-0.25, -0.2) is 0 Å². The number of ketones is 1. The molecule has 0 bridgehead atoms. The first kappa shape index (κ1) is 48.4. The van der Waals surface area contributed by atoms with E-state index in [0.717, 1.165) is 65.7 Å². The second-order valence-electron chi connectivity index (χ2n) is 19.9. The monoisotopic (exact) mass is 1060 g/mol. The van der Waals surface area contributed by atoms with Crippen molar-refractivity contribution >= 4 is 21.7 Å². The van der Waals surface area contributed by atoms with Crippen molar-refractivity contribution in [3.63, 3.8) is 0 Å². The number of halogens is 1. The highest BCUT2D eigenvalue weighted by atomic mass is 79.9. The molecular weight excluding hydrogens is 1010 g/mol. The van der Waals surface area contributed by atoms with Crippen LogP contribution >= 0.6 is 15.9 Å². The summed E-state index contributed by atoms with van der Waals surface area (Å²) in [6.45, 7) is 0. The predicted molar refractivity (Wildman–Crippen MR) is 323 cm³/mol. The van der Waals surface area contributed by atoms with Crippen LogP contribution in [-0.4, -0.2) is 10.9 Å². The topological polar surface area (TPSA) is 37.3 Å². The first-order valence-corrected chi connectivity index (χ1v) is 27.3. The molecule has 0 saturated carbocycles. The van der Waals surface area contributed by atoms with Crippen molar-refractivity contribution in [3.05, 3.63) is 358 Å². The van der Waals surface area contributed by atoms with Gasteiger partial charge in [-0.05, 0) is 95.1 Å². The quantitative estimate of drug-likeness (QED) is 0.191. The Labute approximate surface area is 464 Å². The van der Waals surface area contributed by atoms with Crippen LogP contribution in [0.15, 0.2) is 308 Å². The fraction of sp³-hybridized carbons (Fsp3) is 0.0267. The van der Waals surface area contributed by atoms with Gasteiger partial charge in [0, 0.05) is 32.3 Å². The molecule has 0 unspecified atom stereocenters. The number of hydrogen-bond acceptors (Lipinski definition) is 2. The Kier molecular flexibility index (Phi) is 12.6. The van der Waals surface area contributed by atoms with Crippen LogP contribution in [0.3, 0.4) is 0 Å². The third kappa shape index (κ3) is 7.93. The zero-order valence-corrected chi connectivity index (χ0v) is 44.2. The summed E-state index contributed by atoms with van der Waals surface area (Å²) in [5, 5.41) is 12.1. The molecule has 0 saturated heterocycles. The Morgan fingerprint density at radius 1 is 0.231 bits per heavy atom. The highest BCUT2D eigenvalue weighted by Crippen LogP contribution is 2.62. The molecule has 0 amide bonds. The number of carbonyl (C=O) groups excluding carboxylic acids is 1. The molecule has 0 atom stereocenters. The van der Waals surface area contributed by atoms with Crippen molar-refractivity contribution in [3.8, 4) is 66.8 Å². The van der Waals surface area contributed by atoms with Crippen LogP contribution in [0.25, 0.3) is 66.8 Å². The number of benzene rings is 12. The minimum absolute atomic E-state index is 0.149. The zero-order chi connectivity index (χ0) is 52.6. The fourth-order valence-corrected chi connectivity index (χ4v) is 13.0. The average Bonchev–Trinajstić information content (AvgIpc) is 4.40. The van der Waals surface area contributed by atoms with Crippen molar-refractivity contribution < 1.29 is 9.90 Å². The van der Waals surface area contributed by atoms with Crippen LogP contribution in [0.5, 0.6) is 0 Å². The molecule has 0 radical (unpaired) electrons. The van der Waals surface area contributed by atoms with Crippen LogP contribution in [-0.2, 0) is 11.0 Å². The summed E-state index contributed by atoms with van der Waals surface area (Å²) < 4.78 is 1.14. The molecule has 0 aliphatic heterocycles. The molecule has 3 heteroatoms. The van der Waals surface area contributed by atoms with E-state index in [9.17, 15) is 9.90 Å². The van der Waals surface area contributed by atoms with Crippen molar-refractivity contribution in [1.82, 2.24) is 0 Å². The maximum atomic E-state index is 12.1. The molecule has 370 valence electrons. The van der Waals surface area contributed by atoms with E-state index in [4.69, 9.17) is 0 Å². The molecule has 4 aliphatic rings. The molecule has 4 aliphatic carbocycles. The molecule has 0 aromatic heterocycles. The minimum atomic E-state index is -1.15. The molecule has 2 nitrogen and oxygen atoms in total. The van der Waals surface area contributed by atoms with E-state index < -0.39 is 5.60 Å². The number of aliphatic hydroxyl groups is 1. The standard InChI is InChI=1S/C25H18O.C25H16.C13H8O.C12H9Br/c26-25(22-15-7-4-12-19(22)18-10-2-1-3-11-18)23-16-8-5-13-20(23)21-14-6-9-17-24(21)25;1-5-13-21-17(9-1)18-10-2-6-14-22(18)25(21)23-15-7-3-11-19(23)20-12-4-8-16-24(20)25;14-13-11-7-3-1-5-9(11)10-6-2-4-8-12(10)13;13-12-9-5-4-8-11(12)10-6-2-1-3-7-10/h1-17,26H;1-16H;1-8H;1-9H. The van der Waals surface area contributed by atoms with Crippen molar-refractivity contribution in [1.29, 1.82) is 0 Å². The molecule has 16 rings (SSSR count). The lowest BCUT2D eigenvalue weighted by Gasteiger charge is -2.30. The average molecular weight is 1060 g/mol. The van der Waals surface area contributed by atoms with E-state index in [-0.39, 0.29) is 11.2 Å². The Morgan fingerprint density at radius 3 is 0.821 bits per heavy atom. The number of fused-ring (bicyclic) bond motifs is 16. The fourth-order valence-electron chi connectivity index (χ4n) is 12.5. The summed E-state index contributed by atoms with van der Waals surface area (Å²) in [4.78, 5) is 11.9. The maximum Gasteiger partial charge on any atom is 0.194 e. The summed E-state index contributed by atoms with van der Waals surface area (Å²) in [5.74, 6) is 0.149. The lowest BCUT2D eigenvalue weighted by atomic mass is 9.70. The molecule has 0 fully saturated rings. The summed E-state index contributed by atoms with van der Waals surface area (Å²) in [6.07, 6.45) is 0. The van der Waals surface area contributed by atoms with Gasteiger partial charge in [0.2, 0.25) is 0 Å². The molecule has 78 heavy (non-hydrogen) atoms. The Hall–Kier alpha value is -9.25. The Balaban J connectivity index is 0.000000103. The first-order chi connectivity index (χ1) is 38.5. The van der Waals surface area contributed by atoms with Crippen LogP contribution in [0.2, 0.25) is 0 Å². The lowest BCUT2D eigenvalue weighted by molar-refractivity contribution is 0.104. The van der Waals surface area contributed by atoms with Crippen LogP contribution in [0, 0.1) is 0 Å². The molecule has 12 aromatic rings. The highest BCUT2D eigenvalue weighted by molar-refractivity contribution is 9.10. The van der Waals surface area contributed by atoms with Crippen molar-refractivity contribution in [2.75, 3.05) is 0 Å². The Bertz CT molecular complexity index is 3930. The smallest absolute Gasteiger partial charge is 0.194 e. The van der Waals surface area contributed by atoms with Gasteiger partial charge in [-0.15, -0.1) is 0 Å². The lowest BCUT2D eigenvalue weighted by Crippen LogP contribution is -2.27. The van der Waals surface area contributed by atoms with E-state index in [2.05, 4.69) is 180 Å². The Morgan fingerprint density at radius 2 is 0.462 bits per heavy atom. The second kappa shape index (κ2) is 20.4. The summed E-state index contributed by atoms with van der Waals surface area (Å²) >= 11 is 3.53. The highest BCUT2D eigenvalue weighted by Gasteiger charge is 2.51. The second-order valence-corrected chi connectivity index (χ2v) is 20.8. The molecule has 0 heterocycles. The van der Waals surface area contributed by atoms with Gasteiger partial charge in [-0.2, -0.15) is 0 Å². The van der Waals surface area contributed by atoms with Crippen LogP contribution < -0.4 is 0 Å². The van der Waals surface area contributed by atoms with Gasteiger partial charge in [-0.1, -0.05) is 313 Å². The third-order valence-electron chi connectivity index (χ3n) is 15.8. The van der Waals surface area contributed by atoms with E-state index in [1.807, 2.05) is 140 Å². The largest absolute Gasteiger partial charge is 0.376 e. The number of hydrogen-bond donors (Lipinski definition) is 1. The maximum absolute atomic E-state index is 12.1. The van der Waals surface area contributed by atoms with Crippen LogP contribution in [0.1, 0.15) is 54.9 Å². The molecule has 1 N–H and O–H groups in total. The van der Waals surface area contributed by atoms with Gasteiger partial charge in [0.1, 0.15) is 5.60 Å². The van der Waals surface area contributed by atoms with Gasteiger partial charge in [-0.3, -0.25) is 4.79 Å². The van der Waals surface area contributed by atoms with Crippen molar-refractivity contribution in [2.45, 2.75) is 11.0 Å². The van der Waals surface area contributed by atoms with Gasteiger partial charge < -0.3 is 5.11 Å². The number of carbonyl (C=O) groups is 1. The summed E-state index contributed by atoms with van der Waals surface area (Å²) in [6, 6.07) is 105. The SMILES string of the molecule is Brc1ccccc1-c1ccccc1.O=C1c2ccccc2-c2ccccc21.OC1(c2ccccc2-c2ccccc2)c2ccccc2-c2ccccc21.c1ccc2c(c1)-c1ccccc1C21c2ccccc2-c2ccccc21. The summed E-state index contributed by atoms with van der Waals surface area (Å²) in [7, 11) is 0. The third-order valence-corrected chi connectivity index (χ3v) is 16.5.